The van der Waals surface area contributed by atoms with Crippen LogP contribution in [-0.4, -0.2) is 25.0 Å². The van der Waals surface area contributed by atoms with E-state index in [9.17, 15) is 10.1 Å². The average Bonchev–Trinajstić information content (AvgIpc) is 3.24. The van der Waals surface area contributed by atoms with Crippen LogP contribution in [0, 0.1) is 10.1 Å². The number of nitrogens with zero attached hydrogens (tertiary/aromatic N) is 5. The number of nitro groups is 1. The molecule has 0 aliphatic rings. The lowest BCUT2D eigenvalue weighted by Gasteiger charge is -2.07. The molecular formula is C19H14N6O3. The number of rotatable bonds is 6. The van der Waals surface area contributed by atoms with Crippen LogP contribution in [0.3, 0.4) is 0 Å². The molecule has 9 heteroatoms. The van der Waals surface area contributed by atoms with E-state index in [1.807, 2.05) is 18.2 Å². The largest absolute Gasteiger partial charge is 0.374 e. The molecule has 0 fully saturated rings. The highest BCUT2D eigenvalue weighted by Crippen LogP contribution is 2.31. The van der Waals surface area contributed by atoms with Gasteiger partial charge in [-0.05, 0) is 36.4 Å². The van der Waals surface area contributed by atoms with E-state index in [0.29, 0.717) is 23.6 Å². The van der Waals surface area contributed by atoms with Gasteiger partial charge in [0.05, 0.1) is 17.2 Å². The van der Waals surface area contributed by atoms with Gasteiger partial charge in [-0.3, -0.25) is 20.1 Å². The zero-order chi connectivity index (χ0) is 19.3. The van der Waals surface area contributed by atoms with Gasteiger partial charge in [-0.1, -0.05) is 11.2 Å². The second-order valence-corrected chi connectivity index (χ2v) is 5.82. The minimum Gasteiger partial charge on any atom is -0.374 e. The van der Waals surface area contributed by atoms with Gasteiger partial charge >= 0.3 is 0 Å². The van der Waals surface area contributed by atoms with Gasteiger partial charge in [0.1, 0.15) is 5.69 Å². The molecular weight excluding hydrogens is 360 g/mol. The van der Waals surface area contributed by atoms with Crippen LogP contribution in [0.25, 0.3) is 22.8 Å². The second kappa shape index (κ2) is 7.62. The molecule has 3 heterocycles. The summed E-state index contributed by atoms with van der Waals surface area (Å²) in [7, 11) is 0. The third kappa shape index (κ3) is 3.68. The van der Waals surface area contributed by atoms with E-state index in [2.05, 4.69) is 25.4 Å². The highest BCUT2D eigenvalue weighted by molar-refractivity contribution is 5.70. The van der Waals surface area contributed by atoms with Crippen molar-refractivity contribution in [2.75, 3.05) is 5.32 Å². The van der Waals surface area contributed by atoms with Crippen LogP contribution in [-0.2, 0) is 6.54 Å². The molecule has 1 N–H and O–H groups in total. The molecule has 138 valence electrons. The standard InChI is InChI=1S/C19H14N6O3/c26-25(27)17-11-14(4-5-16(17)22-12-15-3-1-2-8-21-15)19-23-18(24-28-19)13-6-9-20-10-7-13/h1-11,22H,12H2. The summed E-state index contributed by atoms with van der Waals surface area (Å²) in [5.74, 6) is 0.587. The number of hydrogen-bond acceptors (Lipinski definition) is 8. The van der Waals surface area contributed by atoms with Crippen LogP contribution in [0.5, 0.6) is 0 Å². The van der Waals surface area contributed by atoms with Crippen molar-refractivity contribution in [3.8, 4) is 22.8 Å². The molecule has 0 bridgehead atoms. The number of anilines is 1. The predicted molar refractivity (Wildman–Crippen MR) is 101 cm³/mol. The van der Waals surface area contributed by atoms with Crippen LogP contribution >= 0.6 is 0 Å². The second-order valence-electron chi connectivity index (χ2n) is 5.82. The molecule has 1 aromatic carbocycles. The summed E-state index contributed by atoms with van der Waals surface area (Å²) in [6, 6.07) is 13.7. The number of nitro benzene ring substituents is 1. The molecule has 3 aromatic heterocycles. The van der Waals surface area contributed by atoms with Crippen LogP contribution in [0.2, 0.25) is 0 Å². The van der Waals surface area contributed by atoms with Crippen molar-refractivity contribution in [2.24, 2.45) is 0 Å². The fraction of sp³-hybridized carbons (Fsp3) is 0.0526. The first-order valence-electron chi connectivity index (χ1n) is 8.37. The molecule has 0 saturated heterocycles. The Morgan fingerprint density at radius 1 is 1.04 bits per heavy atom. The summed E-state index contributed by atoms with van der Waals surface area (Å²) in [5.41, 5.74) is 2.28. The number of nitrogens with one attached hydrogen (secondary N) is 1. The predicted octanol–water partition coefficient (Wildman–Crippen LogP) is 3.71. The third-order valence-electron chi connectivity index (χ3n) is 3.99. The molecule has 0 aliphatic heterocycles. The van der Waals surface area contributed by atoms with Crippen molar-refractivity contribution >= 4 is 11.4 Å². The van der Waals surface area contributed by atoms with Crippen molar-refractivity contribution in [2.45, 2.75) is 6.54 Å². The lowest BCUT2D eigenvalue weighted by Crippen LogP contribution is -2.04. The SMILES string of the molecule is O=[N+]([O-])c1cc(-c2nc(-c3ccncc3)no2)ccc1NCc1ccccn1. The summed E-state index contributed by atoms with van der Waals surface area (Å²) in [5, 5.41) is 18.5. The first-order valence-corrected chi connectivity index (χ1v) is 8.37. The first-order chi connectivity index (χ1) is 13.7. The van der Waals surface area contributed by atoms with Gasteiger partial charge in [-0.15, -0.1) is 0 Å². The molecule has 28 heavy (non-hydrogen) atoms. The lowest BCUT2D eigenvalue weighted by atomic mass is 10.1. The van der Waals surface area contributed by atoms with Crippen LogP contribution in [0.1, 0.15) is 5.69 Å². The minimum atomic E-state index is -0.454. The quantitative estimate of drug-likeness (QED) is 0.400. The molecule has 0 aliphatic carbocycles. The maximum Gasteiger partial charge on any atom is 0.293 e. The molecule has 0 saturated carbocycles. The van der Waals surface area contributed by atoms with Crippen LogP contribution in [0.15, 0.2) is 71.6 Å². The number of hydrogen-bond donors (Lipinski definition) is 1. The van der Waals surface area contributed by atoms with Crippen molar-refractivity contribution in [1.82, 2.24) is 20.1 Å². The summed E-state index contributed by atoms with van der Waals surface area (Å²) in [6.45, 7) is 0.369. The minimum absolute atomic E-state index is 0.0860. The van der Waals surface area contributed by atoms with E-state index < -0.39 is 4.92 Å². The zero-order valence-electron chi connectivity index (χ0n) is 14.5. The molecule has 0 amide bonds. The molecule has 0 unspecified atom stereocenters. The molecule has 0 atom stereocenters. The maximum atomic E-state index is 11.5. The summed E-state index contributed by atoms with van der Waals surface area (Å²) in [6.07, 6.45) is 4.92. The first kappa shape index (κ1) is 17.3. The fourth-order valence-corrected chi connectivity index (χ4v) is 2.61. The lowest BCUT2D eigenvalue weighted by molar-refractivity contribution is -0.383. The summed E-state index contributed by atoms with van der Waals surface area (Å²) >= 11 is 0. The van der Waals surface area contributed by atoms with Crippen LogP contribution < -0.4 is 5.32 Å². The van der Waals surface area contributed by atoms with Crippen molar-refractivity contribution in [3.05, 3.63) is 82.9 Å². The Bertz CT molecular complexity index is 1100. The van der Waals surface area contributed by atoms with Gasteiger partial charge in [-0.2, -0.15) is 4.98 Å². The van der Waals surface area contributed by atoms with E-state index in [1.165, 1.54) is 6.07 Å². The normalized spacial score (nSPS) is 10.6. The molecule has 4 aromatic rings. The molecule has 0 radical (unpaired) electrons. The summed E-state index contributed by atoms with van der Waals surface area (Å²) < 4.78 is 5.27. The smallest absolute Gasteiger partial charge is 0.293 e. The highest BCUT2D eigenvalue weighted by atomic mass is 16.6. The van der Waals surface area contributed by atoms with Gasteiger partial charge in [0.25, 0.3) is 11.6 Å². The van der Waals surface area contributed by atoms with Crippen molar-refractivity contribution in [1.29, 1.82) is 0 Å². The van der Waals surface area contributed by atoms with E-state index in [1.54, 1.807) is 42.9 Å². The van der Waals surface area contributed by atoms with E-state index in [4.69, 9.17) is 4.52 Å². The van der Waals surface area contributed by atoms with E-state index in [-0.39, 0.29) is 11.6 Å². The monoisotopic (exact) mass is 374 g/mol. The van der Waals surface area contributed by atoms with Crippen LogP contribution in [0.4, 0.5) is 11.4 Å². The Labute approximate surface area is 159 Å². The fourth-order valence-electron chi connectivity index (χ4n) is 2.61. The Morgan fingerprint density at radius 2 is 1.89 bits per heavy atom. The number of benzene rings is 1. The average molecular weight is 374 g/mol. The van der Waals surface area contributed by atoms with Gasteiger partial charge in [0.2, 0.25) is 5.82 Å². The Balaban J connectivity index is 1.60. The molecule has 9 nitrogen and oxygen atoms in total. The van der Waals surface area contributed by atoms with Crippen molar-refractivity contribution < 1.29 is 9.45 Å². The Morgan fingerprint density at radius 3 is 2.64 bits per heavy atom. The number of aromatic nitrogens is 4. The highest BCUT2D eigenvalue weighted by Gasteiger charge is 2.18. The van der Waals surface area contributed by atoms with Gasteiger partial charge in [0.15, 0.2) is 0 Å². The maximum absolute atomic E-state index is 11.5. The van der Waals surface area contributed by atoms with Gasteiger partial charge in [0, 0.05) is 35.8 Å². The van der Waals surface area contributed by atoms with Crippen molar-refractivity contribution in [3.63, 3.8) is 0 Å². The van der Waals surface area contributed by atoms with E-state index in [0.717, 1.165) is 11.3 Å². The Kier molecular flexibility index (Phi) is 4.70. The molecule has 4 rings (SSSR count). The van der Waals surface area contributed by atoms with E-state index >= 15 is 0 Å². The zero-order valence-corrected chi connectivity index (χ0v) is 14.5. The Hall–Kier alpha value is -4.14. The molecule has 0 spiro atoms. The number of pyridine rings is 2. The topological polar surface area (TPSA) is 120 Å². The third-order valence-corrected chi connectivity index (χ3v) is 3.99. The van der Waals surface area contributed by atoms with Gasteiger partial charge < -0.3 is 9.84 Å². The van der Waals surface area contributed by atoms with Gasteiger partial charge in [-0.25, -0.2) is 0 Å². The summed E-state index contributed by atoms with van der Waals surface area (Å²) in [4.78, 5) is 23.5.